The smallest absolute Gasteiger partial charge is 0.308 e. The molecule has 0 spiro atoms. The van der Waals surface area contributed by atoms with Crippen molar-refractivity contribution in [3.8, 4) is 0 Å². The van der Waals surface area contributed by atoms with Crippen LogP contribution in [0, 0.1) is 88.8 Å². The Labute approximate surface area is 477 Å². The summed E-state index contributed by atoms with van der Waals surface area (Å²) in [4.78, 5) is 29.6. The quantitative estimate of drug-likeness (QED) is 0.0347. The fourth-order valence-corrected chi connectivity index (χ4v) is 18.3. The summed E-state index contributed by atoms with van der Waals surface area (Å²) in [7, 11) is 4.17. The lowest BCUT2D eigenvalue weighted by molar-refractivity contribution is -0.147. The number of esters is 2. The second-order valence-electron chi connectivity index (χ2n) is 28.2. The third-order valence-corrected chi connectivity index (χ3v) is 22.3. The third kappa shape index (κ3) is 19.0. The number of carbonyl (C=O) groups excluding carboxylic acids is 2. The zero-order valence-corrected chi connectivity index (χ0v) is 51.0. The first-order valence-electron chi connectivity index (χ1n) is 33.8. The molecule has 0 heterocycles. The Morgan fingerprint density at radius 3 is 1.56 bits per heavy atom. The molecule has 0 amide bonds. The van der Waals surface area contributed by atoms with Crippen LogP contribution in [0.1, 0.15) is 214 Å². The van der Waals surface area contributed by atoms with Crippen LogP contribution in [0.3, 0.4) is 0 Å². The zero-order chi connectivity index (χ0) is 54.6. The Balaban J connectivity index is 0.556. The van der Waals surface area contributed by atoms with E-state index in [0.29, 0.717) is 71.8 Å². The van der Waals surface area contributed by atoms with Gasteiger partial charge in [0, 0.05) is 26.2 Å². The van der Waals surface area contributed by atoms with Crippen LogP contribution in [-0.2, 0) is 38.0 Å². The highest BCUT2D eigenvalue weighted by Crippen LogP contribution is 2.61. The topological polar surface area (TPSA) is 96.0 Å². The average Bonchev–Trinajstić information content (AvgIpc) is 4.24. The molecule has 7 saturated carbocycles. The second kappa shape index (κ2) is 33.1. The van der Waals surface area contributed by atoms with Gasteiger partial charge in [-0.1, -0.05) is 90.7 Å². The van der Waals surface area contributed by atoms with Crippen molar-refractivity contribution in [3.63, 3.8) is 0 Å². The first-order chi connectivity index (χ1) is 38.0. The monoisotopic (exact) mass is 1090 g/mol. The van der Waals surface area contributed by atoms with Crippen molar-refractivity contribution in [2.45, 2.75) is 226 Å². The minimum Gasteiger partial charge on any atom is -0.466 e. The van der Waals surface area contributed by atoms with Crippen LogP contribution >= 0.6 is 0 Å². The average molecular weight is 1090 g/mol. The van der Waals surface area contributed by atoms with Gasteiger partial charge in [0.15, 0.2) is 0 Å². The maximum atomic E-state index is 12.6. The summed E-state index contributed by atoms with van der Waals surface area (Å²) in [6.45, 7) is 17.1. The SMILES string of the molecule is CC(C)CCCCC1CCC2C1CCC1C2CCC2CC(OCCC(=O)OCCCN(C)CCOCCOCCN(C)CCCOC(=O)CCOC3CCC4C(=CCC5C6CCC(CCCCC(C)C)C6CC[C@H]45)C3)CC[C@@H]21. The van der Waals surface area contributed by atoms with E-state index in [2.05, 4.69) is 57.7 Å². The lowest BCUT2D eigenvalue weighted by Gasteiger charge is -2.53. The molecule has 0 aromatic heterocycles. The molecule has 7 fully saturated rings. The molecule has 78 heavy (non-hydrogen) atoms. The van der Waals surface area contributed by atoms with E-state index >= 15 is 0 Å². The predicted octanol–water partition coefficient (Wildman–Crippen LogP) is 14.4. The van der Waals surface area contributed by atoms with Gasteiger partial charge < -0.3 is 38.2 Å². The van der Waals surface area contributed by atoms with Gasteiger partial charge in [-0.05, 0) is 225 Å². The van der Waals surface area contributed by atoms with E-state index in [0.717, 1.165) is 141 Å². The number of fused-ring (bicyclic) bond motifs is 10. The Hall–Kier alpha value is -1.56. The number of likely N-dealkylation sites (N-methyl/N-ethyl adjacent to an activating group) is 2. The summed E-state index contributed by atoms with van der Waals surface area (Å²) >= 11 is 0. The molecular formula is C68H118N2O8. The second-order valence-corrected chi connectivity index (χ2v) is 28.2. The van der Waals surface area contributed by atoms with Crippen LogP contribution in [-0.4, -0.2) is 127 Å². The van der Waals surface area contributed by atoms with Crippen molar-refractivity contribution in [2.75, 3.05) is 93.1 Å². The predicted molar refractivity (Wildman–Crippen MR) is 315 cm³/mol. The summed E-state index contributed by atoms with van der Waals surface area (Å²) in [5.74, 6) is 13.8. The maximum Gasteiger partial charge on any atom is 0.308 e. The Morgan fingerprint density at radius 2 is 0.962 bits per heavy atom. The molecule has 448 valence electrons. The van der Waals surface area contributed by atoms with Gasteiger partial charge in [0.05, 0.1) is 77.9 Å². The van der Waals surface area contributed by atoms with Gasteiger partial charge in [-0.15, -0.1) is 0 Å². The van der Waals surface area contributed by atoms with Gasteiger partial charge >= 0.3 is 11.9 Å². The molecule has 0 aromatic carbocycles. The van der Waals surface area contributed by atoms with Gasteiger partial charge in [-0.25, -0.2) is 0 Å². The summed E-state index contributed by atoms with van der Waals surface area (Å²) < 4.78 is 35.5. The van der Waals surface area contributed by atoms with Crippen LogP contribution in [0.4, 0.5) is 0 Å². The van der Waals surface area contributed by atoms with E-state index in [1.165, 1.54) is 148 Å². The number of hydrogen-bond acceptors (Lipinski definition) is 10. The standard InChI is InChI=1S/C68H118N2O8/c1-49(2)13-7-9-15-51-17-23-61-57(51)29-31-63-59-27-21-55(47-53(59)19-25-65(61)63)75-41-33-67(71)77-39-11-35-69(5)37-43-73-45-46-74-44-38-70(6)36-12-40-78-68(72)34-42-76-56-22-28-60-54(48-56)20-26-66-62-24-18-52(16-10-8-14-50(3)4)58(62)30-32-64(60)66/h19,49-52,54-66H,7-18,20-48H2,1-6H3/t51?,52?,54?,55?,56?,57?,58?,59?,60-,61?,62?,63+,64?,65?,66?/m0/s1. The van der Waals surface area contributed by atoms with Crippen LogP contribution in [0.15, 0.2) is 11.6 Å². The van der Waals surface area contributed by atoms with Crippen molar-refractivity contribution in [3.05, 3.63) is 11.6 Å². The molecule has 13 unspecified atom stereocenters. The van der Waals surface area contributed by atoms with Gasteiger partial charge in [0.1, 0.15) is 0 Å². The van der Waals surface area contributed by atoms with Crippen molar-refractivity contribution in [1.29, 1.82) is 0 Å². The molecular weight excluding hydrogens is 973 g/mol. The molecule has 0 saturated heterocycles. The van der Waals surface area contributed by atoms with E-state index in [1.54, 1.807) is 5.57 Å². The summed E-state index contributed by atoms with van der Waals surface area (Å²) in [5, 5.41) is 0. The highest BCUT2D eigenvalue weighted by molar-refractivity contribution is 5.69. The van der Waals surface area contributed by atoms with Crippen LogP contribution in [0.25, 0.3) is 0 Å². The van der Waals surface area contributed by atoms with Crippen molar-refractivity contribution in [1.82, 2.24) is 9.80 Å². The largest absolute Gasteiger partial charge is 0.466 e. The van der Waals surface area contributed by atoms with Crippen LogP contribution in [0.5, 0.6) is 0 Å². The molecule has 8 rings (SSSR count). The first kappa shape index (κ1) is 62.5. The highest BCUT2D eigenvalue weighted by atomic mass is 16.5. The molecule has 0 aromatic rings. The van der Waals surface area contributed by atoms with E-state index in [1.807, 2.05) is 0 Å². The van der Waals surface area contributed by atoms with Crippen LogP contribution in [0.2, 0.25) is 0 Å². The Kier molecular flexibility index (Phi) is 26.5. The van der Waals surface area contributed by atoms with Gasteiger partial charge in [0.25, 0.3) is 0 Å². The summed E-state index contributed by atoms with van der Waals surface area (Å²) in [5.41, 5.74) is 1.68. The Morgan fingerprint density at radius 1 is 0.474 bits per heavy atom. The van der Waals surface area contributed by atoms with E-state index in [-0.39, 0.29) is 18.0 Å². The van der Waals surface area contributed by atoms with Gasteiger partial charge in [0.2, 0.25) is 0 Å². The molecule has 0 N–H and O–H groups in total. The number of hydrogen-bond donors (Lipinski definition) is 0. The number of ether oxygens (including phenoxy) is 6. The molecule has 10 heteroatoms. The Bertz CT molecular complexity index is 1760. The number of carbonyl (C=O) groups is 2. The number of rotatable bonds is 35. The molecule has 8 aliphatic carbocycles. The number of nitrogens with zero attached hydrogens (tertiary/aromatic N) is 2. The van der Waals surface area contributed by atoms with Gasteiger partial charge in [-0.2, -0.15) is 0 Å². The first-order valence-corrected chi connectivity index (χ1v) is 33.8. The van der Waals surface area contributed by atoms with E-state index in [9.17, 15) is 9.59 Å². The summed E-state index contributed by atoms with van der Waals surface area (Å²) in [6.07, 6.45) is 40.4. The maximum absolute atomic E-state index is 12.6. The summed E-state index contributed by atoms with van der Waals surface area (Å²) in [6, 6.07) is 0. The molecule has 0 bridgehead atoms. The minimum atomic E-state index is -0.150. The fourth-order valence-electron chi connectivity index (χ4n) is 18.3. The van der Waals surface area contributed by atoms with Crippen LogP contribution < -0.4 is 0 Å². The van der Waals surface area contributed by atoms with Gasteiger partial charge in [-0.3, -0.25) is 9.59 Å². The zero-order valence-electron chi connectivity index (χ0n) is 51.0. The normalized spacial score (nSPS) is 33.3. The molecule has 8 aliphatic rings. The highest BCUT2D eigenvalue weighted by Gasteiger charge is 2.52. The third-order valence-electron chi connectivity index (χ3n) is 22.3. The molecule has 10 nitrogen and oxygen atoms in total. The molecule has 0 aliphatic heterocycles. The van der Waals surface area contributed by atoms with E-state index in [4.69, 9.17) is 28.4 Å². The lowest BCUT2D eigenvalue weighted by atomic mass is 9.53. The number of allylic oxidation sites excluding steroid dienone is 1. The van der Waals surface area contributed by atoms with Crippen molar-refractivity contribution >= 4 is 11.9 Å². The number of unbranched alkanes of at least 4 members (excludes halogenated alkanes) is 2. The fraction of sp³-hybridized carbons (Fsp3) is 0.941. The lowest BCUT2D eigenvalue weighted by Crippen LogP contribution is -2.46. The minimum absolute atomic E-state index is 0.136. The van der Waals surface area contributed by atoms with E-state index < -0.39 is 0 Å². The molecule has 15 atom stereocenters. The molecule has 0 radical (unpaired) electrons. The van der Waals surface area contributed by atoms with Crippen molar-refractivity contribution < 1.29 is 38.0 Å². The van der Waals surface area contributed by atoms with Crippen molar-refractivity contribution in [2.24, 2.45) is 88.8 Å².